The van der Waals surface area contributed by atoms with E-state index in [-0.39, 0.29) is 202 Å². The van der Waals surface area contributed by atoms with Crippen molar-refractivity contribution in [2.75, 3.05) is 0 Å². The van der Waals surface area contributed by atoms with Crippen molar-refractivity contribution in [2.45, 2.75) is 137 Å². The minimum absolute atomic E-state index is 0. The first kappa shape index (κ1) is 72.6. The van der Waals surface area contributed by atoms with Crippen molar-refractivity contribution in [2.24, 2.45) is 0 Å². The Bertz CT molecular complexity index is 9540. The molecule has 16 nitrogen and oxygen atoms in total. The third-order valence-electron chi connectivity index (χ3n) is 22.6. The van der Waals surface area contributed by atoms with Gasteiger partial charge in [-0.3, -0.25) is 0 Å². The molecule has 1 unspecified atom stereocenters. The zero-order chi connectivity index (χ0) is 129. The molecule has 0 aliphatic heterocycles. The molecule has 8 aromatic carbocycles. The molecule has 0 spiro atoms. The summed E-state index contributed by atoms with van der Waals surface area (Å²) >= 11 is 0. The maximum absolute atomic E-state index is 8.38. The fraction of sp³-hybridized carbons (Fsp3) is 0.156. The van der Waals surface area contributed by atoms with Crippen LogP contribution in [0.2, 0.25) is 0 Å². The number of nitrogens with zero attached hydrogens (tertiary/aromatic N) is 12. The van der Waals surface area contributed by atoms with Crippen LogP contribution < -0.4 is 0 Å². The summed E-state index contributed by atoms with van der Waals surface area (Å²) in [6.45, 7) is -12.9. The summed E-state index contributed by atoms with van der Waals surface area (Å²) < 4.78 is 287. The molecular weight excluding hydrogens is 2540 g/mol. The standard InChI is InChI=1S/C22H21N2O.3C19H15N2O.2C13H12N.C12H10N.C11H8N.4Ir/c1-12(2)18-11-23-19(10-13(18)3)16-7-6-8-17-20-14(4)9-15(5)24-22(20)25-21(16)17;3*1-11-7-8-14(15-6-4-5-9-20-15)18-16(11)17-12(2)10-13(3)21-19(17)22-18;2*1-10-8-13(14-9-11(10)2)12-6-4-3-5-7-12;1-10-7-8-12(13-9-10)11-5-3-2-4-6-11;1-2-6-10(7-3-1)11-8-4-5-9-12-11;;;;/h6,8-12H,1-5H3;3*4-7,9-10H,1-3H3;2*3-6,8-9H,1-2H3;2-5,7-9H,1H3;1-6,8-9H;;;;/q8*-1;;;;/i1D3,3D3,12D;3*1D3,2D3;2*2D3;1D3;;;;;. The Hall–Kier alpha value is -14.6. The first-order chi connectivity index (χ1) is 83.4. The summed E-state index contributed by atoms with van der Waals surface area (Å²) in [6.07, 6.45) is 12.0. The van der Waals surface area contributed by atoms with Gasteiger partial charge < -0.3 is 57.5 Å². The fourth-order valence-corrected chi connectivity index (χ4v) is 15.8. The quantitative estimate of drug-likeness (QED) is 0.123. The third kappa shape index (κ3) is 25.6. The van der Waals surface area contributed by atoms with Crippen LogP contribution in [0, 0.1) is 166 Å². The average molecular weight is 2680 g/mol. The van der Waals surface area contributed by atoms with Crippen molar-refractivity contribution >= 4 is 88.3 Å². The summed E-state index contributed by atoms with van der Waals surface area (Å²) in [4.78, 5) is 51.3. The van der Waals surface area contributed by atoms with Gasteiger partial charge in [-0.25, -0.2) is 19.9 Å². The zero-order valence-electron chi connectivity index (χ0n) is 114. The fourth-order valence-electron chi connectivity index (χ4n) is 15.8. The number of furan rings is 4. The molecule has 20 heteroatoms. The normalized spacial score (nSPS) is 15.4. The molecule has 24 aromatic rings. The molecule has 0 amide bonds. The number of aromatic nitrogens is 12. The van der Waals surface area contributed by atoms with E-state index in [4.69, 9.17) is 64.3 Å². The molecule has 0 aliphatic carbocycles. The Morgan fingerprint density at radius 3 is 0.939 bits per heavy atom. The SMILES string of the molecule is [2H]C([2H])([2H])c1cc(-c2[c-]ccc3c2oc2nc(C)cc(C)c23)ncc1C([2H])(C)C([2H])([2H])[2H].[2H]C([2H])([2H])c1cc(C)nc2oc3c(-c4ccccn4)[c-]cc(C([2H])([2H])[2H])c3c12.[2H]C([2H])([2H])c1cc(C)nc2oc3c(-c4ccccn4)[c-]cc(C([2H])([2H])[2H])c3c12.[2H]C([2H])([2H])c1cc(C)nc2oc3c(-c4ccccn4)[c-]cc(C([2H])([2H])[2H])c3c12.[2H]C([2H])([2H])c1ccc(-c2[c-]cccc2)nc1.[2H]C([2H])([2H])c1cnc(-c2[c-]cccc2)cc1C.[2H]C([2H])([2H])c1cnc(-c2[c-]cccc2)cc1C.[Ir].[Ir].[Ir].[Ir].[c-]1ccccc1-c1ccccn1. The third-order valence-corrected chi connectivity index (χ3v) is 22.6. The van der Waals surface area contributed by atoms with Crippen LogP contribution >= 0.6 is 0 Å². The predicted octanol–water partition coefficient (Wildman–Crippen LogP) is 31.9. The van der Waals surface area contributed by atoms with Gasteiger partial charge in [0.15, 0.2) is 0 Å². The van der Waals surface area contributed by atoms with Crippen LogP contribution in [0.3, 0.4) is 0 Å². The summed E-state index contributed by atoms with van der Waals surface area (Å²) in [5.41, 5.74) is 17.4. The zero-order valence-corrected chi connectivity index (χ0v) is 89.8. The Morgan fingerprint density at radius 2 is 0.595 bits per heavy atom. The second kappa shape index (κ2) is 50.6. The van der Waals surface area contributed by atoms with E-state index >= 15 is 0 Å². The Balaban J connectivity index is 0.000000171. The average Bonchev–Trinajstić information content (AvgIpc) is 1.56. The van der Waals surface area contributed by atoms with E-state index in [0.717, 1.165) is 78.2 Å². The molecule has 0 aliphatic rings. The minimum Gasteiger partial charge on any atom is -0.486 e. The Kier molecular flexibility index (Phi) is 24.9. The van der Waals surface area contributed by atoms with Crippen molar-refractivity contribution < 1.29 is 145 Å². The maximum Gasteiger partial charge on any atom is 0.216 e. The van der Waals surface area contributed by atoms with Gasteiger partial charge in [0.25, 0.3) is 0 Å². The smallest absolute Gasteiger partial charge is 0.216 e. The number of hydrogen-bond acceptors (Lipinski definition) is 16. The molecule has 0 saturated heterocycles. The monoisotopic (exact) mass is 2680 g/mol. The predicted molar refractivity (Wildman–Crippen MR) is 583 cm³/mol. The number of fused-ring (bicyclic) bond motifs is 12. The summed E-state index contributed by atoms with van der Waals surface area (Å²) in [5.74, 6) is -2.14. The molecule has 748 valence electrons. The summed E-state index contributed by atoms with van der Waals surface area (Å²) in [7, 11) is 0. The molecule has 16 heterocycles. The Labute approximate surface area is 967 Å². The van der Waals surface area contributed by atoms with Crippen LogP contribution in [0.15, 0.2) is 322 Å². The Morgan fingerprint density at radius 1 is 0.257 bits per heavy atom. The van der Waals surface area contributed by atoms with E-state index in [1.165, 1.54) is 74.2 Å². The second-order valence-corrected chi connectivity index (χ2v) is 33.0. The van der Waals surface area contributed by atoms with E-state index < -0.39 is 81.3 Å². The second-order valence-electron chi connectivity index (χ2n) is 33.0. The largest absolute Gasteiger partial charge is 0.486 e. The van der Waals surface area contributed by atoms with Gasteiger partial charge in [-0.15, -0.1) is 215 Å². The first-order valence-corrected chi connectivity index (χ1v) is 45.0. The molecule has 0 bridgehead atoms. The number of pyridine rings is 12. The topological polar surface area (TPSA) is 207 Å². The van der Waals surface area contributed by atoms with Gasteiger partial charge in [0, 0.05) is 221 Å². The van der Waals surface area contributed by atoms with Gasteiger partial charge in [0.1, 0.15) is 0 Å². The van der Waals surface area contributed by atoms with Crippen LogP contribution in [0.5, 0.6) is 0 Å². The molecule has 0 N–H and O–H groups in total. The van der Waals surface area contributed by atoms with Crippen LogP contribution in [-0.2, 0) is 80.4 Å². The van der Waals surface area contributed by atoms with Gasteiger partial charge in [0.2, 0.25) is 22.9 Å². The van der Waals surface area contributed by atoms with E-state index in [2.05, 4.69) is 108 Å². The molecule has 0 fully saturated rings. The van der Waals surface area contributed by atoms with Gasteiger partial charge in [-0.05, 0) is 241 Å². The molecular formula is C128H108Ir4N12O4-8. The van der Waals surface area contributed by atoms with Gasteiger partial charge >= 0.3 is 0 Å². The molecule has 1 atom stereocenters. The van der Waals surface area contributed by atoms with Gasteiger partial charge in [-0.1, -0.05) is 174 Å². The number of aryl methyl sites for hydroxylation is 17. The molecule has 4 radical (unpaired) electrons. The number of rotatable bonds is 9. The molecule has 24 rings (SSSR count). The maximum atomic E-state index is 8.38. The van der Waals surface area contributed by atoms with Crippen LogP contribution in [0.1, 0.15) is 167 Å². The van der Waals surface area contributed by atoms with Crippen molar-refractivity contribution in [1.29, 1.82) is 0 Å². The van der Waals surface area contributed by atoms with E-state index in [9.17, 15) is 0 Å². The van der Waals surface area contributed by atoms with Gasteiger partial charge in [-0.2, -0.15) is 0 Å². The molecule has 148 heavy (non-hydrogen) atoms. The van der Waals surface area contributed by atoms with E-state index in [1.807, 2.05) is 135 Å². The van der Waals surface area contributed by atoms with Crippen molar-refractivity contribution in [1.82, 2.24) is 59.8 Å². The minimum atomic E-state index is -2.73. The van der Waals surface area contributed by atoms with Crippen LogP contribution in [0.4, 0.5) is 0 Å². The number of benzene rings is 8. The molecule has 16 aromatic heterocycles. The first-order valence-electron chi connectivity index (χ1n) is 62.0. The van der Waals surface area contributed by atoms with E-state index in [0.29, 0.717) is 78.8 Å². The van der Waals surface area contributed by atoms with E-state index in [1.54, 1.807) is 150 Å². The summed E-state index contributed by atoms with van der Waals surface area (Å²) in [6, 6.07) is 98.3. The van der Waals surface area contributed by atoms with Crippen molar-refractivity contribution in [3.05, 3.63) is 454 Å². The van der Waals surface area contributed by atoms with Crippen molar-refractivity contribution in [3.8, 4) is 90.1 Å². The van der Waals surface area contributed by atoms with Gasteiger partial charge in [0.05, 0.1) is 22.3 Å². The van der Waals surface area contributed by atoms with Crippen molar-refractivity contribution in [3.63, 3.8) is 0 Å². The van der Waals surface area contributed by atoms with Crippen LogP contribution in [0.25, 0.3) is 178 Å². The summed E-state index contributed by atoms with van der Waals surface area (Å²) in [5, 5.41) is 2.88. The van der Waals surface area contributed by atoms with Crippen LogP contribution in [-0.4, -0.2) is 59.8 Å². The number of hydrogen-bond donors (Lipinski definition) is 0. The molecule has 0 saturated carbocycles.